The third kappa shape index (κ3) is 3.26. The SMILES string of the molecule is CC(=O)N1CCCc2cc(S(=O)(=O)N(C)c3ccc(C)cc3)ccc21. The Hall–Kier alpha value is -2.34. The van der Waals surface area contributed by atoms with Gasteiger partial charge in [0.25, 0.3) is 10.0 Å². The molecule has 6 heteroatoms. The zero-order chi connectivity index (χ0) is 18.2. The zero-order valence-corrected chi connectivity index (χ0v) is 15.5. The largest absolute Gasteiger partial charge is 0.312 e. The second kappa shape index (κ2) is 6.52. The van der Waals surface area contributed by atoms with Crippen LogP contribution in [0, 0.1) is 6.92 Å². The lowest BCUT2D eigenvalue weighted by molar-refractivity contribution is -0.116. The van der Waals surface area contributed by atoms with Gasteiger partial charge in [-0.2, -0.15) is 0 Å². The van der Waals surface area contributed by atoms with Gasteiger partial charge in [0.15, 0.2) is 0 Å². The predicted octanol–water partition coefficient (Wildman–Crippen LogP) is 3.12. The van der Waals surface area contributed by atoms with Crippen molar-refractivity contribution in [2.75, 3.05) is 22.8 Å². The van der Waals surface area contributed by atoms with Crippen LogP contribution in [0.3, 0.4) is 0 Å². The number of amides is 1. The van der Waals surface area contributed by atoms with Crippen LogP contribution >= 0.6 is 0 Å². The quantitative estimate of drug-likeness (QED) is 0.847. The molecule has 2 aromatic rings. The third-order valence-corrected chi connectivity index (χ3v) is 6.39. The smallest absolute Gasteiger partial charge is 0.264 e. The zero-order valence-electron chi connectivity index (χ0n) is 14.7. The summed E-state index contributed by atoms with van der Waals surface area (Å²) in [4.78, 5) is 13.7. The van der Waals surface area contributed by atoms with E-state index in [1.807, 2.05) is 19.1 Å². The first kappa shape index (κ1) is 17.5. The van der Waals surface area contributed by atoms with Crippen molar-refractivity contribution in [2.45, 2.75) is 31.6 Å². The van der Waals surface area contributed by atoms with E-state index in [0.717, 1.165) is 29.7 Å². The first-order chi connectivity index (χ1) is 11.8. The van der Waals surface area contributed by atoms with Crippen LogP contribution in [0.25, 0.3) is 0 Å². The summed E-state index contributed by atoms with van der Waals surface area (Å²) in [5, 5.41) is 0. The molecular weight excluding hydrogens is 336 g/mol. The minimum absolute atomic E-state index is 0.0201. The summed E-state index contributed by atoms with van der Waals surface area (Å²) in [6.45, 7) is 4.17. The third-order valence-electron chi connectivity index (χ3n) is 4.61. The summed E-state index contributed by atoms with van der Waals surface area (Å²) >= 11 is 0. The maximum Gasteiger partial charge on any atom is 0.264 e. The molecule has 0 N–H and O–H groups in total. The number of carbonyl (C=O) groups excluding carboxylic acids is 1. The Morgan fingerprint density at radius 1 is 1.12 bits per heavy atom. The lowest BCUT2D eigenvalue weighted by atomic mass is 10.0. The van der Waals surface area contributed by atoms with Gasteiger partial charge in [-0.1, -0.05) is 17.7 Å². The Morgan fingerprint density at radius 3 is 2.44 bits per heavy atom. The maximum atomic E-state index is 13.0. The van der Waals surface area contributed by atoms with Crippen LogP contribution in [0.2, 0.25) is 0 Å². The molecule has 5 nitrogen and oxygen atoms in total. The van der Waals surface area contributed by atoms with Gasteiger partial charge < -0.3 is 4.90 Å². The molecule has 1 aliphatic rings. The number of hydrogen-bond donors (Lipinski definition) is 0. The number of nitrogens with zero attached hydrogens (tertiary/aromatic N) is 2. The maximum absolute atomic E-state index is 13.0. The number of fused-ring (bicyclic) bond motifs is 1. The average Bonchev–Trinajstić information content (AvgIpc) is 2.60. The monoisotopic (exact) mass is 358 g/mol. The van der Waals surface area contributed by atoms with Gasteiger partial charge in [0, 0.05) is 26.2 Å². The summed E-state index contributed by atoms with van der Waals surface area (Å²) in [6.07, 6.45) is 1.61. The fraction of sp³-hybridized carbons (Fsp3) is 0.316. The van der Waals surface area contributed by atoms with Crippen LogP contribution in [0.15, 0.2) is 47.4 Å². The molecule has 0 spiro atoms. The lowest BCUT2D eigenvalue weighted by Gasteiger charge is -2.29. The summed E-state index contributed by atoms with van der Waals surface area (Å²) in [6, 6.07) is 12.4. The Bertz CT molecular complexity index is 905. The Kier molecular flexibility index (Phi) is 4.56. The molecule has 0 saturated carbocycles. The second-order valence-corrected chi connectivity index (χ2v) is 8.34. The standard InChI is InChI=1S/C19H22N2O3S/c1-14-6-8-17(9-7-14)20(3)25(23,24)18-10-11-19-16(13-18)5-4-12-21(19)15(2)22/h6-11,13H,4-5,12H2,1-3H3. The number of hydrogen-bond acceptors (Lipinski definition) is 3. The van der Waals surface area contributed by atoms with Crippen molar-refractivity contribution in [2.24, 2.45) is 0 Å². The average molecular weight is 358 g/mol. The van der Waals surface area contributed by atoms with E-state index in [4.69, 9.17) is 0 Å². The Labute approximate surface area is 148 Å². The number of rotatable bonds is 3. The minimum atomic E-state index is -3.65. The molecule has 0 radical (unpaired) electrons. The topological polar surface area (TPSA) is 57.7 Å². The molecule has 0 aromatic heterocycles. The van der Waals surface area contributed by atoms with E-state index in [1.54, 1.807) is 42.3 Å². The molecule has 0 atom stereocenters. The summed E-state index contributed by atoms with van der Waals surface area (Å²) in [5.74, 6) is -0.0201. The Morgan fingerprint density at radius 2 is 1.80 bits per heavy atom. The van der Waals surface area contributed by atoms with Gasteiger partial charge in [0.2, 0.25) is 5.91 Å². The van der Waals surface area contributed by atoms with Crippen molar-refractivity contribution in [1.29, 1.82) is 0 Å². The number of anilines is 2. The van der Waals surface area contributed by atoms with E-state index in [0.29, 0.717) is 12.2 Å². The van der Waals surface area contributed by atoms with Crippen molar-refractivity contribution in [1.82, 2.24) is 0 Å². The van der Waals surface area contributed by atoms with Crippen LogP contribution in [0.1, 0.15) is 24.5 Å². The van der Waals surface area contributed by atoms with E-state index in [-0.39, 0.29) is 10.8 Å². The lowest BCUT2D eigenvalue weighted by Crippen LogP contribution is -2.34. The van der Waals surface area contributed by atoms with Gasteiger partial charge in [-0.25, -0.2) is 8.42 Å². The van der Waals surface area contributed by atoms with Gasteiger partial charge in [0.05, 0.1) is 10.6 Å². The van der Waals surface area contributed by atoms with E-state index < -0.39 is 10.0 Å². The van der Waals surface area contributed by atoms with Gasteiger partial charge in [0.1, 0.15) is 0 Å². The number of sulfonamides is 1. The molecule has 1 aliphatic heterocycles. The van der Waals surface area contributed by atoms with Crippen molar-refractivity contribution >= 4 is 27.3 Å². The van der Waals surface area contributed by atoms with Gasteiger partial charge >= 0.3 is 0 Å². The highest BCUT2D eigenvalue weighted by Gasteiger charge is 2.25. The van der Waals surface area contributed by atoms with Crippen LogP contribution < -0.4 is 9.21 Å². The summed E-state index contributed by atoms with van der Waals surface area (Å²) in [7, 11) is -2.09. The summed E-state index contributed by atoms with van der Waals surface area (Å²) < 4.78 is 27.2. The molecule has 0 fully saturated rings. The van der Waals surface area contributed by atoms with Gasteiger partial charge in [-0.15, -0.1) is 0 Å². The van der Waals surface area contributed by atoms with E-state index in [2.05, 4.69) is 0 Å². The molecular formula is C19H22N2O3S. The van der Waals surface area contributed by atoms with Crippen molar-refractivity contribution in [3.63, 3.8) is 0 Å². The summed E-state index contributed by atoms with van der Waals surface area (Å²) in [5.41, 5.74) is 3.41. The Balaban J connectivity index is 1.98. The molecule has 3 rings (SSSR count). The first-order valence-corrected chi connectivity index (χ1v) is 9.71. The normalized spacial score (nSPS) is 14.1. The molecule has 2 aromatic carbocycles. The van der Waals surface area contributed by atoms with Crippen molar-refractivity contribution < 1.29 is 13.2 Å². The van der Waals surface area contributed by atoms with Gasteiger partial charge in [-0.3, -0.25) is 9.10 Å². The first-order valence-electron chi connectivity index (χ1n) is 8.27. The van der Waals surface area contributed by atoms with E-state index in [1.165, 1.54) is 11.2 Å². The molecule has 1 amide bonds. The van der Waals surface area contributed by atoms with Crippen LogP contribution in [0.4, 0.5) is 11.4 Å². The molecule has 132 valence electrons. The van der Waals surface area contributed by atoms with Crippen LogP contribution in [-0.4, -0.2) is 27.9 Å². The molecule has 0 unspecified atom stereocenters. The highest BCUT2D eigenvalue weighted by atomic mass is 32.2. The predicted molar refractivity (Wildman–Crippen MR) is 99.6 cm³/mol. The number of aryl methyl sites for hydroxylation is 2. The number of benzene rings is 2. The highest BCUT2D eigenvalue weighted by Crippen LogP contribution is 2.31. The minimum Gasteiger partial charge on any atom is -0.312 e. The molecule has 0 aliphatic carbocycles. The molecule has 0 bridgehead atoms. The second-order valence-electron chi connectivity index (χ2n) is 6.37. The van der Waals surface area contributed by atoms with E-state index >= 15 is 0 Å². The van der Waals surface area contributed by atoms with Crippen LogP contribution in [0.5, 0.6) is 0 Å². The van der Waals surface area contributed by atoms with Gasteiger partial charge in [-0.05, 0) is 55.7 Å². The van der Waals surface area contributed by atoms with Crippen LogP contribution in [-0.2, 0) is 21.2 Å². The van der Waals surface area contributed by atoms with Crippen molar-refractivity contribution in [3.05, 3.63) is 53.6 Å². The fourth-order valence-corrected chi connectivity index (χ4v) is 4.36. The van der Waals surface area contributed by atoms with E-state index in [9.17, 15) is 13.2 Å². The molecule has 25 heavy (non-hydrogen) atoms. The highest BCUT2D eigenvalue weighted by molar-refractivity contribution is 7.92. The fourth-order valence-electron chi connectivity index (χ4n) is 3.11. The number of carbonyl (C=O) groups is 1. The molecule has 1 heterocycles. The van der Waals surface area contributed by atoms with Crippen molar-refractivity contribution in [3.8, 4) is 0 Å². The molecule has 0 saturated heterocycles.